The number of ether oxygens (including phenoxy) is 1. The molecular formula is C22H36O2. The van der Waals surface area contributed by atoms with Crippen LogP contribution in [0.2, 0.25) is 0 Å². The lowest BCUT2D eigenvalue weighted by Gasteiger charge is -2.22. The lowest BCUT2D eigenvalue weighted by Crippen LogP contribution is -2.21. The fourth-order valence-electron chi connectivity index (χ4n) is 3.11. The van der Waals surface area contributed by atoms with E-state index in [0.29, 0.717) is 0 Å². The maximum atomic E-state index is 12.7. The molecule has 0 aliphatic rings. The Morgan fingerprint density at radius 1 is 0.833 bits per heavy atom. The Kier molecular flexibility index (Phi) is 11.3. The van der Waals surface area contributed by atoms with E-state index in [2.05, 4.69) is 32.9 Å². The molecule has 0 amide bonds. The summed E-state index contributed by atoms with van der Waals surface area (Å²) in [5.41, 5.74) is 1.12. The predicted molar refractivity (Wildman–Crippen MR) is 102 cm³/mol. The van der Waals surface area contributed by atoms with Gasteiger partial charge in [-0.1, -0.05) is 96.0 Å². The molecule has 1 rings (SSSR count). The summed E-state index contributed by atoms with van der Waals surface area (Å²) in [6.07, 6.45) is 10.9. The van der Waals surface area contributed by atoms with Gasteiger partial charge in [0.05, 0.1) is 5.92 Å². The first kappa shape index (κ1) is 20.7. The van der Waals surface area contributed by atoms with E-state index in [-0.39, 0.29) is 18.0 Å². The van der Waals surface area contributed by atoms with Gasteiger partial charge in [-0.2, -0.15) is 0 Å². The normalized spacial score (nSPS) is 13.5. The molecule has 1 aromatic rings. The van der Waals surface area contributed by atoms with Gasteiger partial charge in [0.1, 0.15) is 6.10 Å². The topological polar surface area (TPSA) is 26.3 Å². The number of hydrogen-bond acceptors (Lipinski definition) is 2. The average Bonchev–Trinajstić information content (AvgIpc) is 2.61. The SMILES string of the molecule is CCCCCCC(CCCC)C(=O)OC(CCC)c1ccccc1. The summed E-state index contributed by atoms with van der Waals surface area (Å²) < 4.78 is 5.95. The monoisotopic (exact) mass is 332 g/mol. The van der Waals surface area contributed by atoms with E-state index >= 15 is 0 Å². The Morgan fingerprint density at radius 2 is 1.50 bits per heavy atom. The van der Waals surface area contributed by atoms with E-state index in [1.54, 1.807) is 0 Å². The molecule has 0 aliphatic carbocycles. The second kappa shape index (κ2) is 13.0. The van der Waals surface area contributed by atoms with Crippen molar-refractivity contribution < 1.29 is 9.53 Å². The summed E-state index contributed by atoms with van der Waals surface area (Å²) >= 11 is 0. The van der Waals surface area contributed by atoms with Crippen LogP contribution in [0.3, 0.4) is 0 Å². The fraction of sp³-hybridized carbons (Fsp3) is 0.682. The third kappa shape index (κ3) is 7.99. The van der Waals surface area contributed by atoms with Crippen molar-refractivity contribution in [1.29, 1.82) is 0 Å². The highest BCUT2D eigenvalue weighted by molar-refractivity contribution is 5.72. The molecule has 2 heteroatoms. The Hall–Kier alpha value is -1.31. The van der Waals surface area contributed by atoms with Crippen molar-refractivity contribution in [2.24, 2.45) is 5.92 Å². The van der Waals surface area contributed by atoms with Gasteiger partial charge in [0.15, 0.2) is 0 Å². The van der Waals surface area contributed by atoms with Gasteiger partial charge in [-0.05, 0) is 24.8 Å². The summed E-state index contributed by atoms with van der Waals surface area (Å²) in [4.78, 5) is 12.7. The van der Waals surface area contributed by atoms with Crippen LogP contribution in [0.15, 0.2) is 30.3 Å². The smallest absolute Gasteiger partial charge is 0.309 e. The van der Waals surface area contributed by atoms with E-state index in [4.69, 9.17) is 4.74 Å². The Bertz CT molecular complexity index is 427. The summed E-state index contributed by atoms with van der Waals surface area (Å²) in [5, 5.41) is 0. The van der Waals surface area contributed by atoms with Crippen molar-refractivity contribution in [3.8, 4) is 0 Å². The molecule has 136 valence electrons. The van der Waals surface area contributed by atoms with Crippen molar-refractivity contribution in [2.45, 2.75) is 91.1 Å². The highest BCUT2D eigenvalue weighted by atomic mass is 16.5. The van der Waals surface area contributed by atoms with Crippen molar-refractivity contribution in [2.75, 3.05) is 0 Å². The number of unbranched alkanes of at least 4 members (excludes halogenated alkanes) is 4. The molecule has 24 heavy (non-hydrogen) atoms. The van der Waals surface area contributed by atoms with Crippen LogP contribution in [0.5, 0.6) is 0 Å². The van der Waals surface area contributed by atoms with Crippen molar-refractivity contribution in [1.82, 2.24) is 0 Å². The molecule has 2 nitrogen and oxygen atoms in total. The first-order valence-electron chi connectivity index (χ1n) is 9.98. The minimum absolute atomic E-state index is 0.0160. The van der Waals surface area contributed by atoms with Gasteiger partial charge < -0.3 is 4.74 Å². The number of benzene rings is 1. The minimum atomic E-state index is -0.0940. The molecule has 2 atom stereocenters. The van der Waals surface area contributed by atoms with Crippen LogP contribution in [0.4, 0.5) is 0 Å². The quantitative estimate of drug-likeness (QED) is 0.292. The van der Waals surface area contributed by atoms with Crippen molar-refractivity contribution in [3.05, 3.63) is 35.9 Å². The first-order valence-corrected chi connectivity index (χ1v) is 9.98. The van der Waals surface area contributed by atoms with Crippen LogP contribution >= 0.6 is 0 Å². The Balaban J connectivity index is 2.64. The van der Waals surface area contributed by atoms with Gasteiger partial charge in [0, 0.05) is 0 Å². The van der Waals surface area contributed by atoms with Gasteiger partial charge in [0.25, 0.3) is 0 Å². The van der Waals surface area contributed by atoms with Crippen LogP contribution in [0.1, 0.15) is 96.6 Å². The summed E-state index contributed by atoms with van der Waals surface area (Å²) in [6, 6.07) is 10.2. The van der Waals surface area contributed by atoms with Crippen molar-refractivity contribution in [3.63, 3.8) is 0 Å². The summed E-state index contributed by atoms with van der Waals surface area (Å²) in [7, 11) is 0. The number of esters is 1. The zero-order valence-corrected chi connectivity index (χ0v) is 15.9. The lowest BCUT2D eigenvalue weighted by molar-refractivity contribution is -0.155. The van der Waals surface area contributed by atoms with Crippen LogP contribution in [0.25, 0.3) is 0 Å². The molecule has 0 heterocycles. The standard InChI is InChI=1S/C22H36O2/c1-4-7-9-11-18-20(15-8-5-2)22(23)24-21(14-6-3)19-16-12-10-13-17-19/h10,12-13,16-17,20-21H,4-9,11,14-15,18H2,1-3H3. The van der Waals surface area contributed by atoms with Crippen LogP contribution in [0, 0.1) is 5.92 Å². The zero-order valence-electron chi connectivity index (χ0n) is 15.9. The maximum absolute atomic E-state index is 12.7. The lowest BCUT2D eigenvalue weighted by atomic mass is 9.95. The molecule has 1 aromatic carbocycles. The number of hydrogen-bond donors (Lipinski definition) is 0. The van der Waals surface area contributed by atoms with E-state index in [1.807, 2.05) is 18.2 Å². The minimum Gasteiger partial charge on any atom is -0.457 e. The number of rotatable bonds is 13. The van der Waals surface area contributed by atoms with Crippen LogP contribution in [-0.2, 0) is 9.53 Å². The molecule has 0 aliphatic heterocycles. The van der Waals surface area contributed by atoms with Gasteiger partial charge in [-0.15, -0.1) is 0 Å². The molecule has 0 saturated heterocycles. The molecule has 2 unspecified atom stereocenters. The molecule has 0 saturated carbocycles. The second-order valence-electron chi connectivity index (χ2n) is 6.81. The average molecular weight is 333 g/mol. The molecular weight excluding hydrogens is 296 g/mol. The summed E-state index contributed by atoms with van der Waals surface area (Å²) in [6.45, 7) is 6.55. The highest BCUT2D eigenvalue weighted by Crippen LogP contribution is 2.27. The largest absolute Gasteiger partial charge is 0.457 e. The molecule has 0 fully saturated rings. The molecule has 0 radical (unpaired) electrons. The number of carbonyl (C=O) groups is 1. The van der Waals surface area contributed by atoms with E-state index < -0.39 is 0 Å². The van der Waals surface area contributed by atoms with Gasteiger partial charge >= 0.3 is 5.97 Å². The number of carbonyl (C=O) groups excluding carboxylic acids is 1. The highest BCUT2D eigenvalue weighted by Gasteiger charge is 2.23. The Labute approximate surface area is 149 Å². The van der Waals surface area contributed by atoms with E-state index in [1.165, 1.54) is 19.3 Å². The zero-order chi connectivity index (χ0) is 17.6. The second-order valence-corrected chi connectivity index (χ2v) is 6.81. The Morgan fingerprint density at radius 3 is 2.12 bits per heavy atom. The van der Waals surface area contributed by atoms with Gasteiger partial charge in [-0.25, -0.2) is 0 Å². The van der Waals surface area contributed by atoms with Crippen LogP contribution < -0.4 is 0 Å². The van der Waals surface area contributed by atoms with Crippen molar-refractivity contribution >= 4 is 5.97 Å². The van der Waals surface area contributed by atoms with Crippen LogP contribution in [-0.4, -0.2) is 5.97 Å². The predicted octanol–water partition coefficient (Wildman–Crippen LogP) is 6.85. The molecule has 0 spiro atoms. The third-order valence-electron chi connectivity index (χ3n) is 4.63. The van der Waals surface area contributed by atoms with Gasteiger partial charge in [0.2, 0.25) is 0 Å². The molecule has 0 aromatic heterocycles. The maximum Gasteiger partial charge on any atom is 0.309 e. The van der Waals surface area contributed by atoms with E-state index in [9.17, 15) is 4.79 Å². The van der Waals surface area contributed by atoms with E-state index in [0.717, 1.165) is 50.5 Å². The molecule has 0 bridgehead atoms. The first-order chi connectivity index (χ1) is 11.7. The fourth-order valence-corrected chi connectivity index (χ4v) is 3.11. The molecule has 0 N–H and O–H groups in total. The summed E-state index contributed by atoms with van der Waals surface area (Å²) in [5.74, 6) is 0.0899. The third-order valence-corrected chi connectivity index (χ3v) is 4.63. The van der Waals surface area contributed by atoms with Gasteiger partial charge in [-0.3, -0.25) is 4.79 Å².